The van der Waals surface area contributed by atoms with Crippen LogP contribution in [-0.4, -0.2) is 24.5 Å². The zero-order valence-electron chi connectivity index (χ0n) is 15.0. The van der Waals surface area contributed by atoms with Gasteiger partial charge in [-0.3, -0.25) is 15.2 Å². The Labute approximate surface area is 166 Å². The lowest BCUT2D eigenvalue weighted by Crippen LogP contribution is -2.24. The van der Waals surface area contributed by atoms with Crippen molar-refractivity contribution in [3.05, 3.63) is 69.6 Å². The zero-order valence-corrected chi connectivity index (χ0v) is 16.6. The molecule has 3 aromatic rings. The second-order valence-electron chi connectivity index (χ2n) is 6.42. The van der Waals surface area contributed by atoms with Crippen LogP contribution >= 0.6 is 11.3 Å². The van der Waals surface area contributed by atoms with Gasteiger partial charge in [0.2, 0.25) is 5.91 Å². The number of H-pyrrole nitrogens is 1. The lowest BCUT2D eigenvalue weighted by molar-refractivity contribution is -0.111. The minimum Gasteiger partial charge on any atom is -0.305 e. The first-order valence-corrected chi connectivity index (χ1v) is 11.0. The third-order valence-electron chi connectivity index (χ3n) is 4.42. The first-order valence-electron chi connectivity index (χ1n) is 8.59. The van der Waals surface area contributed by atoms with Crippen LogP contribution in [0.1, 0.15) is 27.1 Å². The molecule has 9 heteroatoms. The molecule has 0 aliphatic carbocycles. The highest BCUT2D eigenvalue weighted by Crippen LogP contribution is 2.37. The molecule has 1 amide bonds. The lowest BCUT2D eigenvalue weighted by Gasteiger charge is -2.14. The average molecular weight is 415 g/mol. The van der Waals surface area contributed by atoms with Crippen LogP contribution in [0.2, 0.25) is 0 Å². The number of rotatable bonds is 5. The maximum absolute atomic E-state index is 13.1. The topological polar surface area (TPSA) is 104 Å². The van der Waals surface area contributed by atoms with E-state index < -0.39 is 15.2 Å². The second kappa shape index (κ2) is 7.34. The molecule has 3 heterocycles. The SMILES string of the molecule is Cc1cccc(S(=O)(=O)C2NCc3[nH]nc(NC(=O)C=Cc4cccs4)c32)c1. The first kappa shape index (κ1) is 18.6. The first-order chi connectivity index (χ1) is 13.4. The number of carbonyl (C=O) groups excluding carboxylic acids is 1. The van der Waals surface area contributed by atoms with Gasteiger partial charge in [-0.25, -0.2) is 8.42 Å². The van der Waals surface area contributed by atoms with Gasteiger partial charge in [0.05, 0.1) is 16.2 Å². The number of benzene rings is 1. The summed E-state index contributed by atoms with van der Waals surface area (Å²) in [4.78, 5) is 13.4. The van der Waals surface area contributed by atoms with Crippen molar-refractivity contribution in [2.75, 3.05) is 5.32 Å². The Balaban J connectivity index is 1.60. The number of aromatic nitrogens is 2. The number of thiophene rings is 1. The molecule has 0 fully saturated rings. The summed E-state index contributed by atoms with van der Waals surface area (Å²) in [5.74, 6) is -0.150. The average Bonchev–Trinajstić information content (AvgIpc) is 3.39. The molecule has 1 atom stereocenters. The Bertz CT molecular complexity index is 1150. The smallest absolute Gasteiger partial charge is 0.249 e. The van der Waals surface area contributed by atoms with Gasteiger partial charge in [-0.15, -0.1) is 11.3 Å². The van der Waals surface area contributed by atoms with Gasteiger partial charge >= 0.3 is 0 Å². The van der Waals surface area contributed by atoms with Gasteiger partial charge in [-0.2, -0.15) is 5.10 Å². The maximum Gasteiger partial charge on any atom is 0.249 e. The molecule has 4 rings (SSSR count). The van der Waals surface area contributed by atoms with E-state index in [1.807, 2.05) is 30.5 Å². The molecule has 1 aromatic carbocycles. The van der Waals surface area contributed by atoms with Crippen LogP contribution in [-0.2, 0) is 21.2 Å². The van der Waals surface area contributed by atoms with Gasteiger partial charge in [-0.05, 0) is 42.1 Å². The van der Waals surface area contributed by atoms with E-state index in [9.17, 15) is 13.2 Å². The van der Waals surface area contributed by atoms with E-state index in [1.165, 1.54) is 17.4 Å². The number of hydrogen-bond donors (Lipinski definition) is 3. The van der Waals surface area contributed by atoms with Crippen LogP contribution in [0.4, 0.5) is 5.82 Å². The van der Waals surface area contributed by atoms with Crippen molar-refractivity contribution >= 4 is 39.0 Å². The predicted molar refractivity (Wildman–Crippen MR) is 109 cm³/mol. The normalized spacial score (nSPS) is 16.4. The highest BCUT2D eigenvalue weighted by atomic mass is 32.2. The molecular formula is C19H18N4O3S2. The number of fused-ring (bicyclic) bond motifs is 1. The molecule has 28 heavy (non-hydrogen) atoms. The summed E-state index contributed by atoms with van der Waals surface area (Å²) in [5, 5.41) is 13.5. The third kappa shape index (κ3) is 3.51. The number of carbonyl (C=O) groups is 1. The van der Waals surface area contributed by atoms with Crippen LogP contribution in [0.5, 0.6) is 0 Å². The van der Waals surface area contributed by atoms with Crippen molar-refractivity contribution in [1.82, 2.24) is 15.5 Å². The summed E-state index contributed by atoms with van der Waals surface area (Å²) in [5.41, 5.74) is 1.97. The van der Waals surface area contributed by atoms with Gasteiger partial charge in [-0.1, -0.05) is 18.2 Å². The molecule has 0 saturated carbocycles. The minimum absolute atomic E-state index is 0.224. The number of aromatic amines is 1. The van der Waals surface area contributed by atoms with Crippen LogP contribution in [0.25, 0.3) is 6.08 Å². The summed E-state index contributed by atoms with van der Waals surface area (Å²) in [6.45, 7) is 2.18. The Morgan fingerprint density at radius 3 is 2.93 bits per heavy atom. The monoisotopic (exact) mass is 414 g/mol. The molecule has 0 radical (unpaired) electrons. The molecule has 1 aliphatic heterocycles. The summed E-state index contributed by atoms with van der Waals surface area (Å²) < 4.78 is 26.3. The van der Waals surface area contributed by atoms with Gasteiger partial charge in [0, 0.05) is 17.5 Å². The van der Waals surface area contributed by atoms with Crippen molar-refractivity contribution in [2.45, 2.75) is 23.7 Å². The molecule has 144 valence electrons. The molecule has 7 nitrogen and oxygen atoms in total. The van der Waals surface area contributed by atoms with E-state index in [0.717, 1.165) is 10.4 Å². The van der Waals surface area contributed by atoms with Gasteiger partial charge in [0.15, 0.2) is 15.7 Å². The molecule has 1 aliphatic rings. The van der Waals surface area contributed by atoms with E-state index >= 15 is 0 Å². The van der Waals surface area contributed by atoms with Gasteiger partial charge < -0.3 is 5.32 Å². The maximum atomic E-state index is 13.1. The number of anilines is 1. The van der Waals surface area contributed by atoms with E-state index in [1.54, 1.807) is 24.3 Å². The van der Waals surface area contributed by atoms with Gasteiger partial charge in [0.1, 0.15) is 5.37 Å². The lowest BCUT2D eigenvalue weighted by atomic mass is 10.2. The van der Waals surface area contributed by atoms with Crippen molar-refractivity contribution in [3.8, 4) is 0 Å². The molecule has 1 unspecified atom stereocenters. The van der Waals surface area contributed by atoms with Gasteiger partial charge in [0.25, 0.3) is 0 Å². The van der Waals surface area contributed by atoms with E-state index in [-0.39, 0.29) is 16.6 Å². The van der Waals surface area contributed by atoms with E-state index in [0.29, 0.717) is 17.8 Å². The van der Waals surface area contributed by atoms with Crippen LogP contribution in [0.3, 0.4) is 0 Å². The number of aryl methyl sites for hydroxylation is 1. The Morgan fingerprint density at radius 2 is 2.18 bits per heavy atom. The summed E-state index contributed by atoms with van der Waals surface area (Å²) in [6.07, 6.45) is 3.10. The summed E-state index contributed by atoms with van der Waals surface area (Å²) >= 11 is 1.52. The van der Waals surface area contributed by atoms with Crippen LogP contribution in [0, 0.1) is 6.92 Å². The van der Waals surface area contributed by atoms with Crippen molar-refractivity contribution in [2.24, 2.45) is 0 Å². The Hall–Kier alpha value is -2.75. The predicted octanol–water partition coefficient (Wildman–Crippen LogP) is 3.01. The number of nitrogens with zero attached hydrogens (tertiary/aromatic N) is 1. The van der Waals surface area contributed by atoms with E-state index in [4.69, 9.17) is 0 Å². The van der Waals surface area contributed by atoms with Crippen molar-refractivity contribution < 1.29 is 13.2 Å². The van der Waals surface area contributed by atoms with E-state index in [2.05, 4.69) is 20.8 Å². The summed E-state index contributed by atoms with van der Waals surface area (Å²) in [7, 11) is -3.69. The fraction of sp³-hybridized carbons (Fsp3) is 0.158. The minimum atomic E-state index is -3.69. The molecule has 0 bridgehead atoms. The molecule has 3 N–H and O–H groups in total. The fourth-order valence-corrected chi connectivity index (χ4v) is 5.47. The quantitative estimate of drug-likeness (QED) is 0.557. The number of hydrogen-bond acceptors (Lipinski definition) is 6. The standard InChI is InChI=1S/C19H18N4O3S2/c1-12-4-2-6-14(10-12)28(25,26)19-17-15(11-20-19)22-23-18(17)21-16(24)8-7-13-5-3-9-27-13/h2-10,19-20H,11H2,1H3,(H2,21,22,23,24). The summed E-state index contributed by atoms with van der Waals surface area (Å²) in [6, 6.07) is 10.6. The fourth-order valence-electron chi connectivity index (χ4n) is 3.09. The zero-order chi connectivity index (χ0) is 19.7. The number of amides is 1. The molecule has 0 spiro atoms. The molecule has 2 aromatic heterocycles. The number of sulfone groups is 1. The molecule has 0 saturated heterocycles. The number of nitrogens with one attached hydrogen (secondary N) is 3. The second-order valence-corrected chi connectivity index (χ2v) is 9.44. The highest BCUT2D eigenvalue weighted by Gasteiger charge is 2.38. The van der Waals surface area contributed by atoms with Crippen molar-refractivity contribution in [3.63, 3.8) is 0 Å². The highest BCUT2D eigenvalue weighted by molar-refractivity contribution is 7.91. The molecular weight excluding hydrogens is 396 g/mol. The third-order valence-corrected chi connectivity index (χ3v) is 7.19. The van der Waals surface area contributed by atoms with Crippen molar-refractivity contribution in [1.29, 1.82) is 0 Å². The van der Waals surface area contributed by atoms with Crippen LogP contribution < -0.4 is 10.6 Å². The Kier molecular flexibility index (Phi) is 4.88. The van der Waals surface area contributed by atoms with Crippen LogP contribution in [0.15, 0.2) is 52.7 Å². The Morgan fingerprint density at radius 1 is 1.32 bits per heavy atom. The largest absolute Gasteiger partial charge is 0.305 e.